The highest BCUT2D eigenvalue weighted by Gasteiger charge is 2.18. The molecule has 0 bridgehead atoms. The molecule has 0 radical (unpaired) electrons. The van der Waals surface area contributed by atoms with Crippen LogP contribution in [0.2, 0.25) is 0 Å². The topological polar surface area (TPSA) is 60.4 Å². The fraction of sp³-hybridized carbons (Fsp3) is 0.412. The lowest BCUT2D eigenvalue weighted by Crippen LogP contribution is -2.31. The number of hydrogen-bond acceptors (Lipinski definition) is 4. The minimum atomic E-state index is 0.0714. The number of rotatable bonds is 8. The van der Waals surface area contributed by atoms with Crippen molar-refractivity contribution in [2.75, 3.05) is 26.3 Å². The van der Waals surface area contributed by atoms with Gasteiger partial charge in [-0.3, -0.25) is 0 Å². The van der Waals surface area contributed by atoms with Gasteiger partial charge in [0.1, 0.15) is 11.3 Å². The van der Waals surface area contributed by atoms with E-state index in [1.807, 2.05) is 32.0 Å². The van der Waals surface area contributed by atoms with E-state index in [2.05, 4.69) is 18.0 Å². The monoisotopic (exact) mass is 288 g/mol. The molecule has 2 rings (SSSR count). The van der Waals surface area contributed by atoms with Gasteiger partial charge < -0.3 is 20.2 Å². The summed E-state index contributed by atoms with van der Waals surface area (Å²) in [4.78, 5) is 0. The van der Waals surface area contributed by atoms with E-state index in [4.69, 9.17) is 14.9 Å². The first kappa shape index (κ1) is 15.8. The molecule has 1 aromatic heterocycles. The van der Waals surface area contributed by atoms with Crippen LogP contribution >= 0.6 is 0 Å². The Bertz CT molecular complexity index is 604. The average Bonchev–Trinajstić information content (AvgIpc) is 2.79. The predicted molar refractivity (Wildman–Crippen MR) is 86.4 cm³/mol. The standard InChI is InChI=1S/C17H24N2O2/c1-12(2)11-20-9-8-19-15(10-18)17-13(3)21-16-7-5-4-6-14(16)17/h4-7,15,19H,1,8-11,18H2,2-3H3. The molecule has 0 fully saturated rings. The molecular weight excluding hydrogens is 264 g/mol. The van der Waals surface area contributed by atoms with Crippen LogP contribution in [0.4, 0.5) is 0 Å². The van der Waals surface area contributed by atoms with E-state index in [-0.39, 0.29) is 6.04 Å². The van der Waals surface area contributed by atoms with Crippen molar-refractivity contribution in [2.45, 2.75) is 19.9 Å². The summed E-state index contributed by atoms with van der Waals surface area (Å²) >= 11 is 0. The molecule has 1 unspecified atom stereocenters. The third-order valence-electron chi connectivity index (χ3n) is 3.39. The van der Waals surface area contributed by atoms with Gasteiger partial charge in [-0.2, -0.15) is 0 Å². The zero-order valence-electron chi connectivity index (χ0n) is 12.8. The second-order valence-corrected chi connectivity index (χ2v) is 5.32. The Labute approximate surface area is 126 Å². The van der Waals surface area contributed by atoms with Gasteiger partial charge in [-0.05, 0) is 19.9 Å². The number of hydrogen-bond donors (Lipinski definition) is 2. The molecule has 4 heteroatoms. The predicted octanol–water partition coefficient (Wildman–Crippen LogP) is 2.92. The van der Waals surface area contributed by atoms with Gasteiger partial charge in [-0.25, -0.2) is 0 Å². The number of nitrogens with one attached hydrogen (secondary N) is 1. The van der Waals surface area contributed by atoms with Crippen LogP contribution in [-0.2, 0) is 4.74 Å². The van der Waals surface area contributed by atoms with Crippen LogP contribution in [0.1, 0.15) is 24.3 Å². The Morgan fingerprint density at radius 1 is 1.43 bits per heavy atom. The Hall–Kier alpha value is -1.62. The first-order valence-electron chi connectivity index (χ1n) is 7.27. The van der Waals surface area contributed by atoms with Crippen LogP contribution in [0, 0.1) is 6.92 Å². The molecule has 1 aromatic carbocycles. The number of benzene rings is 1. The summed E-state index contributed by atoms with van der Waals surface area (Å²) in [5.41, 5.74) is 9.01. The van der Waals surface area contributed by atoms with Crippen LogP contribution < -0.4 is 11.1 Å². The molecule has 4 nitrogen and oxygen atoms in total. The Balaban J connectivity index is 2.02. The summed E-state index contributed by atoms with van der Waals surface area (Å²) in [6, 6.07) is 8.12. The third-order valence-corrected chi connectivity index (χ3v) is 3.39. The SMILES string of the molecule is C=C(C)COCCNC(CN)c1c(C)oc2ccccc12. The maximum atomic E-state index is 5.93. The second-order valence-electron chi connectivity index (χ2n) is 5.32. The summed E-state index contributed by atoms with van der Waals surface area (Å²) < 4.78 is 11.3. The first-order valence-corrected chi connectivity index (χ1v) is 7.27. The molecule has 3 N–H and O–H groups in total. The number of furan rings is 1. The van der Waals surface area contributed by atoms with Gasteiger partial charge in [0.15, 0.2) is 0 Å². The smallest absolute Gasteiger partial charge is 0.134 e. The number of ether oxygens (including phenoxy) is 1. The van der Waals surface area contributed by atoms with Gasteiger partial charge in [-0.15, -0.1) is 0 Å². The van der Waals surface area contributed by atoms with Gasteiger partial charge in [-0.1, -0.05) is 30.4 Å². The van der Waals surface area contributed by atoms with E-state index in [9.17, 15) is 0 Å². The van der Waals surface area contributed by atoms with E-state index in [0.717, 1.165) is 34.4 Å². The maximum absolute atomic E-state index is 5.93. The summed E-state index contributed by atoms with van der Waals surface area (Å²) in [5.74, 6) is 0.919. The van der Waals surface area contributed by atoms with Gasteiger partial charge >= 0.3 is 0 Å². The number of aryl methyl sites for hydroxylation is 1. The maximum Gasteiger partial charge on any atom is 0.134 e. The van der Waals surface area contributed by atoms with Crippen LogP contribution in [0.3, 0.4) is 0 Å². The second kappa shape index (κ2) is 7.41. The fourth-order valence-electron chi connectivity index (χ4n) is 2.48. The zero-order chi connectivity index (χ0) is 15.2. The van der Waals surface area contributed by atoms with E-state index in [0.29, 0.717) is 19.8 Å². The lowest BCUT2D eigenvalue weighted by atomic mass is 10.0. The normalized spacial score (nSPS) is 12.7. The highest BCUT2D eigenvalue weighted by Crippen LogP contribution is 2.29. The highest BCUT2D eigenvalue weighted by molar-refractivity contribution is 5.82. The van der Waals surface area contributed by atoms with Crippen molar-refractivity contribution in [2.24, 2.45) is 5.73 Å². The minimum absolute atomic E-state index is 0.0714. The van der Waals surface area contributed by atoms with Crippen LogP contribution in [-0.4, -0.2) is 26.3 Å². The summed E-state index contributed by atoms with van der Waals surface area (Å²) in [6.07, 6.45) is 0. The number of para-hydroxylation sites is 1. The molecule has 0 saturated heterocycles. The molecular formula is C17H24N2O2. The van der Waals surface area contributed by atoms with Gasteiger partial charge in [0.2, 0.25) is 0 Å². The van der Waals surface area contributed by atoms with E-state index < -0.39 is 0 Å². The Morgan fingerprint density at radius 3 is 2.90 bits per heavy atom. The first-order chi connectivity index (χ1) is 10.1. The minimum Gasteiger partial charge on any atom is -0.461 e. The van der Waals surface area contributed by atoms with Gasteiger partial charge in [0.25, 0.3) is 0 Å². The molecule has 0 aliphatic heterocycles. The Morgan fingerprint density at radius 2 is 2.19 bits per heavy atom. The van der Waals surface area contributed by atoms with Crippen molar-refractivity contribution in [1.82, 2.24) is 5.32 Å². The molecule has 2 aromatic rings. The van der Waals surface area contributed by atoms with Crippen molar-refractivity contribution in [1.29, 1.82) is 0 Å². The quantitative estimate of drug-likeness (QED) is 0.579. The summed E-state index contributed by atoms with van der Waals surface area (Å²) in [5, 5.41) is 4.56. The van der Waals surface area contributed by atoms with E-state index >= 15 is 0 Å². The van der Waals surface area contributed by atoms with Gasteiger partial charge in [0.05, 0.1) is 13.2 Å². The van der Waals surface area contributed by atoms with Crippen LogP contribution in [0.25, 0.3) is 11.0 Å². The molecule has 0 spiro atoms. The van der Waals surface area contributed by atoms with Crippen LogP contribution in [0.5, 0.6) is 0 Å². The fourth-order valence-corrected chi connectivity index (χ4v) is 2.48. The zero-order valence-corrected chi connectivity index (χ0v) is 12.8. The molecule has 114 valence electrons. The van der Waals surface area contributed by atoms with E-state index in [1.165, 1.54) is 0 Å². The van der Waals surface area contributed by atoms with Crippen molar-refractivity contribution in [3.05, 3.63) is 47.7 Å². The Kier molecular flexibility index (Phi) is 5.56. The van der Waals surface area contributed by atoms with Crippen molar-refractivity contribution < 1.29 is 9.15 Å². The van der Waals surface area contributed by atoms with Crippen molar-refractivity contribution in [3.8, 4) is 0 Å². The highest BCUT2D eigenvalue weighted by atomic mass is 16.5. The molecule has 0 saturated carbocycles. The number of nitrogens with two attached hydrogens (primary N) is 1. The third kappa shape index (κ3) is 3.94. The average molecular weight is 288 g/mol. The van der Waals surface area contributed by atoms with Crippen molar-refractivity contribution in [3.63, 3.8) is 0 Å². The van der Waals surface area contributed by atoms with Crippen LogP contribution in [0.15, 0.2) is 40.8 Å². The molecule has 1 heterocycles. The molecule has 0 amide bonds. The number of fused-ring (bicyclic) bond motifs is 1. The molecule has 0 aliphatic carbocycles. The molecule has 21 heavy (non-hydrogen) atoms. The summed E-state index contributed by atoms with van der Waals surface area (Å²) in [6.45, 7) is 10.3. The molecule has 0 aliphatic rings. The van der Waals surface area contributed by atoms with Gasteiger partial charge in [0, 0.05) is 30.1 Å². The lowest BCUT2D eigenvalue weighted by Gasteiger charge is -2.17. The summed E-state index contributed by atoms with van der Waals surface area (Å²) in [7, 11) is 0. The molecule has 1 atom stereocenters. The van der Waals surface area contributed by atoms with E-state index in [1.54, 1.807) is 0 Å². The van der Waals surface area contributed by atoms with Crippen molar-refractivity contribution >= 4 is 11.0 Å². The largest absolute Gasteiger partial charge is 0.461 e. The lowest BCUT2D eigenvalue weighted by molar-refractivity contribution is 0.155.